The Balaban J connectivity index is 1.50. The lowest BCUT2D eigenvalue weighted by molar-refractivity contribution is -0.275. The molecule has 1 saturated carbocycles. The van der Waals surface area contributed by atoms with Crippen molar-refractivity contribution < 1.29 is 45.0 Å². The fourth-order valence-electron chi connectivity index (χ4n) is 5.62. The maximum absolute atomic E-state index is 13.7. The summed E-state index contributed by atoms with van der Waals surface area (Å²) in [6, 6.07) is 4.98. The molecule has 6 nitrogen and oxygen atoms in total. The Morgan fingerprint density at radius 3 is 2.45 bits per heavy atom. The van der Waals surface area contributed by atoms with Crippen LogP contribution in [0.3, 0.4) is 0 Å². The van der Waals surface area contributed by atoms with E-state index in [2.05, 4.69) is 20.3 Å². The topological polar surface area (TPSA) is 62.8 Å². The molecule has 0 spiro atoms. The van der Waals surface area contributed by atoms with E-state index >= 15 is 0 Å². The summed E-state index contributed by atoms with van der Waals surface area (Å²) in [5.74, 6) is -1.63. The van der Waals surface area contributed by atoms with Gasteiger partial charge in [-0.1, -0.05) is 6.07 Å². The number of anilines is 1. The van der Waals surface area contributed by atoms with Crippen molar-refractivity contribution in [3.8, 4) is 11.5 Å². The van der Waals surface area contributed by atoms with Crippen LogP contribution in [0.2, 0.25) is 0 Å². The predicted octanol–water partition coefficient (Wildman–Crippen LogP) is 6.07. The maximum Gasteiger partial charge on any atom is 0.573 e. The minimum absolute atomic E-state index is 0.0524. The summed E-state index contributed by atoms with van der Waals surface area (Å²) in [5.41, 5.74) is -1.40. The molecule has 4 rings (SSSR count). The van der Waals surface area contributed by atoms with Crippen LogP contribution in [0.25, 0.3) is 0 Å². The molecule has 1 heterocycles. The summed E-state index contributed by atoms with van der Waals surface area (Å²) in [5, 5.41) is 4.99. The van der Waals surface area contributed by atoms with Crippen molar-refractivity contribution in [1.82, 2.24) is 10.2 Å². The molecule has 2 amide bonds. The fraction of sp³-hybridized carbons (Fsp3) is 0.480. The van der Waals surface area contributed by atoms with Gasteiger partial charge in [0.1, 0.15) is 5.82 Å². The van der Waals surface area contributed by atoms with Crippen molar-refractivity contribution in [1.29, 1.82) is 0 Å². The van der Waals surface area contributed by atoms with Crippen LogP contribution < -0.4 is 20.1 Å². The lowest BCUT2D eigenvalue weighted by Gasteiger charge is -2.45. The molecule has 1 saturated heterocycles. The predicted molar refractivity (Wildman–Crippen MR) is 124 cm³/mol. The van der Waals surface area contributed by atoms with Crippen LogP contribution in [0, 0.1) is 5.82 Å². The first kappa shape index (κ1) is 27.8. The van der Waals surface area contributed by atoms with Gasteiger partial charge in [0.15, 0.2) is 11.5 Å². The van der Waals surface area contributed by atoms with Crippen LogP contribution in [0.15, 0.2) is 36.4 Å². The van der Waals surface area contributed by atoms with Crippen LogP contribution >= 0.6 is 0 Å². The molecule has 0 unspecified atom stereocenters. The number of hydrogen-bond acceptors (Lipinski definition) is 4. The zero-order valence-electron chi connectivity index (χ0n) is 20.5. The van der Waals surface area contributed by atoms with Gasteiger partial charge in [0, 0.05) is 23.2 Å². The highest BCUT2D eigenvalue weighted by Gasteiger charge is 2.51. The van der Waals surface area contributed by atoms with E-state index in [1.807, 2.05) is 7.05 Å². The Labute approximate surface area is 214 Å². The number of carbonyl (C=O) groups is 1. The monoisotopic (exact) mass is 549 g/mol. The first-order chi connectivity index (χ1) is 17.7. The summed E-state index contributed by atoms with van der Waals surface area (Å²) >= 11 is 0. The molecule has 0 bridgehead atoms. The Kier molecular flexibility index (Phi) is 7.43. The van der Waals surface area contributed by atoms with Crippen LogP contribution in [-0.2, 0) is 11.6 Å². The number of ether oxygens (including phenoxy) is 2. The van der Waals surface area contributed by atoms with Crippen molar-refractivity contribution in [3.05, 3.63) is 53.3 Å². The lowest BCUT2D eigenvalue weighted by atomic mass is 9.65. The third-order valence-corrected chi connectivity index (χ3v) is 7.31. The average molecular weight is 549 g/mol. The summed E-state index contributed by atoms with van der Waals surface area (Å²) < 4.78 is 101. The van der Waals surface area contributed by atoms with Crippen molar-refractivity contribution in [2.45, 2.75) is 55.7 Å². The molecular formula is C25H26F7N3O3. The van der Waals surface area contributed by atoms with E-state index in [4.69, 9.17) is 4.74 Å². The standard InChI is InChI=1S/C25H26F7N3O3/c1-35-8-7-23(14-3-4-19(37-2)20(11-14)38-25(30,31)32)6-5-17(13-21(23)35)33-22(36)34-18-10-15(24(27,28)29)9-16(26)12-18/h3-4,9-12,17,21H,5-8,13H2,1-2H3,(H2,33,34,36)/t17-,21-,23+/m1/s1. The summed E-state index contributed by atoms with van der Waals surface area (Å²) in [7, 11) is 3.13. The number of amides is 2. The number of fused-ring (bicyclic) bond motifs is 1. The number of benzene rings is 2. The molecule has 13 heteroatoms. The van der Waals surface area contributed by atoms with E-state index in [0.29, 0.717) is 49.9 Å². The first-order valence-electron chi connectivity index (χ1n) is 11.8. The van der Waals surface area contributed by atoms with Gasteiger partial charge in [-0.2, -0.15) is 13.2 Å². The third-order valence-electron chi connectivity index (χ3n) is 7.31. The molecular weight excluding hydrogens is 523 g/mol. The molecule has 3 atom stereocenters. The van der Waals surface area contributed by atoms with Gasteiger partial charge >= 0.3 is 18.6 Å². The van der Waals surface area contributed by atoms with E-state index in [9.17, 15) is 35.5 Å². The fourth-order valence-corrected chi connectivity index (χ4v) is 5.62. The molecule has 1 aliphatic carbocycles. The smallest absolute Gasteiger partial charge is 0.493 e. The van der Waals surface area contributed by atoms with Gasteiger partial charge in [-0.25, -0.2) is 9.18 Å². The maximum atomic E-state index is 13.7. The number of nitrogens with zero attached hydrogens (tertiary/aromatic N) is 1. The number of halogens is 7. The van der Waals surface area contributed by atoms with E-state index in [1.165, 1.54) is 19.2 Å². The van der Waals surface area contributed by atoms with Gasteiger partial charge in [-0.05, 0) is 75.2 Å². The zero-order chi connectivity index (χ0) is 27.9. The lowest BCUT2D eigenvalue weighted by Crippen LogP contribution is -2.52. The average Bonchev–Trinajstić information content (AvgIpc) is 3.14. The number of likely N-dealkylation sites (tertiary alicyclic amines) is 1. The Bertz CT molecular complexity index is 1190. The quantitative estimate of drug-likeness (QED) is 0.445. The number of nitrogens with one attached hydrogen (secondary N) is 2. The zero-order valence-corrected chi connectivity index (χ0v) is 20.5. The van der Waals surface area contributed by atoms with Crippen molar-refractivity contribution >= 4 is 11.7 Å². The number of alkyl halides is 6. The molecule has 2 N–H and O–H groups in total. The Morgan fingerprint density at radius 1 is 1.05 bits per heavy atom. The summed E-state index contributed by atoms with van der Waals surface area (Å²) in [6.45, 7) is 0.675. The van der Waals surface area contributed by atoms with Gasteiger partial charge in [-0.3, -0.25) is 0 Å². The second-order valence-corrected chi connectivity index (χ2v) is 9.61. The van der Waals surface area contributed by atoms with Gasteiger partial charge in [0.2, 0.25) is 0 Å². The molecule has 208 valence electrons. The van der Waals surface area contributed by atoms with E-state index in [-0.39, 0.29) is 23.5 Å². The van der Waals surface area contributed by atoms with Crippen LogP contribution in [0.1, 0.15) is 36.8 Å². The van der Waals surface area contributed by atoms with Gasteiger partial charge in [0.05, 0.1) is 12.7 Å². The highest BCUT2D eigenvalue weighted by atomic mass is 19.4. The molecule has 2 aromatic rings. The molecule has 2 fully saturated rings. The molecule has 2 aliphatic rings. The normalized spacial score (nSPS) is 24.0. The molecule has 2 aromatic carbocycles. The molecule has 0 aromatic heterocycles. The number of likely N-dealkylation sites (N-methyl/N-ethyl adjacent to an activating group) is 1. The van der Waals surface area contributed by atoms with E-state index < -0.39 is 41.1 Å². The second kappa shape index (κ2) is 10.2. The van der Waals surface area contributed by atoms with Crippen molar-refractivity contribution in [3.63, 3.8) is 0 Å². The minimum Gasteiger partial charge on any atom is -0.493 e. The highest BCUT2D eigenvalue weighted by molar-refractivity contribution is 5.89. The van der Waals surface area contributed by atoms with Crippen molar-refractivity contribution in [2.75, 3.05) is 26.0 Å². The summed E-state index contributed by atoms with van der Waals surface area (Å²) in [6.07, 6.45) is -7.55. The SMILES string of the molecule is COc1ccc([C@@]23CC[C@@H](NC(=O)Nc4cc(F)cc(C(F)(F)F)c4)C[C@H]2N(C)CC3)cc1OC(F)(F)F. The van der Waals surface area contributed by atoms with Crippen LogP contribution in [-0.4, -0.2) is 50.1 Å². The number of carbonyl (C=O) groups excluding carboxylic acids is 1. The molecule has 38 heavy (non-hydrogen) atoms. The highest BCUT2D eigenvalue weighted by Crippen LogP contribution is 2.50. The summed E-state index contributed by atoms with van der Waals surface area (Å²) in [4.78, 5) is 14.6. The van der Waals surface area contributed by atoms with Crippen LogP contribution in [0.4, 0.5) is 41.2 Å². The molecule has 1 aliphatic heterocycles. The van der Waals surface area contributed by atoms with Gasteiger partial charge in [-0.15, -0.1) is 13.2 Å². The molecule has 0 radical (unpaired) electrons. The largest absolute Gasteiger partial charge is 0.573 e. The Hall–Kier alpha value is -3.22. The number of methoxy groups -OCH3 is 1. The van der Waals surface area contributed by atoms with E-state index in [0.717, 1.165) is 6.07 Å². The van der Waals surface area contributed by atoms with Crippen molar-refractivity contribution in [2.24, 2.45) is 0 Å². The van der Waals surface area contributed by atoms with Gasteiger partial charge < -0.3 is 25.0 Å². The number of rotatable bonds is 5. The number of urea groups is 1. The minimum atomic E-state index is -4.90. The second-order valence-electron chi connectivity index (χ2n) is 9.61. The number of hydrogen-bond donors (Lipinski definition) is 2. The van der Waals surface area contributed by atoms with E-state index in [1.54, 1.807) is 6.07 Å². The van der Waals surface area contributed by atoms with Crippen LogP contribution in [0.5, 0.6) is 11.5 Å². The third kappa shape index (κ3) is 5.92. The van der Waals surface area contributed by atoms with Gasteiger partial charge in [0.25, 0.3) is 0 Å². The Morgan fingerprint density at radius 2 is 1.79 bits per heavy atom. The first-order valence-corrected chi connectivity index (χ1v) is 11.8.